The Bertz CT molecular complexity index is 1520. The van der Waals surface area contributed by atoms with Crippen LogP contribution in [0.1, 0.15) is 153 Å². The highest BCUT2D eigenvalue weighted by atomic mass is 16.5. The number of hydrogen-bond donors (Lipinski definition) is 0. The molecular weight excluding hydrogens is 597 g/mol. The van der Waals surface area contributed by atoms with Crippen LogP contribution >= 0.6 is 0 Å². The lowest BCUT2D eigenvalue weighted by atomic mass is 9.66. The van der Waals surface area contributed by atoms with Crippen molar-refractivity contribution in [1.29, 1.82) is 0 Å². The zero-order valence-electron chi connectivity index (χ0n) is 31.9. The van der Waals surface area contributed by atoms with Crippen molar-refractivity contribution in [2.24, 2.45) is 0 Å². The minimum Gasteiger partial charge on any atom is -0.494 e. The van der Waals surface area contributed by atoms with Crippen LogP contribution in [0.25, 0.3) is 11.1 Å². The third-order valence-corrected chi connectivity index (χ3v) is 11.6. The monoisotopic (exact) mass is 658 g/mol. The molecule has 0 spiro atoms. The average Bonchev–Trinajstić information content (AvgIpc) is 3.42. The van der Waals surface area contributed by atoms with Gasteiger partial charge in [-0.15, -0.1) is 0 Å². The van der Waals surface area contributed by atoms with Gasteiger partial charge in [-0.25, -0.2) is 0 Å². The summed E-state index contributed by atoms with van der Waals surface area (Å²) < 4.78 is 12.5. The van der Waals surface area contributed by atoms with Crippen LogP contribution in [0.15, 0.2) is 84.9 Å². The fourth-order valence-corrected chi connectivity index (χ4v) is 7.40. The summed E-state index contributed by atoms with van der Waals surface area (Å²) in [6, 6.07) is 32.7. The van der Waals surface area contributed by atoms with E-state index in [0.29, 0.717) is 0 Å². The summed E-state index contributed by atoms with van der Waals surface area (Å²) in [5.41, 5.74) is 10.4. The van der Waals surface area contributed by atoms with E-state index in [1.54, 1.807) is 0 Å². The smallest absolute Gasteiger partial charge is 0.119 e. The molecule has 0 fully saturated rings. The molecule has 0 aliphatic heterocycles. The molecule has 0 radical (unpaired) electrons. The van der Waals surface area contributed by atoms with E-state index in [9.17, 15) is 0 Å². The fraction of sp³-hybridized carbons (Fsp3) is 0.489. The van der Waals surface area contributed by atoms with Gasteiger partial charge in [0.2, 0.25) is 0 Å². The topological polar surface area (TPSA) is 18.5 Å². The van der Waals surface area contributed by atoms with E-state index in [4.69, 9.17) is 9.47 Å². The summed E-state index contributed by atoms with van der Waals surface area (Å²) in [7, 11) is 0. The van der Waals surface area contributed by atoms with Crippen LogP contribution in [0.5, 0.6) is 11.5 Å². The fourth-order valence-electron chi connectivity index (χ4n) is 7.40. The van der Waals surface area contributed by atoms with E-state index in [-0.39, 0.29) is 10.8 Å². The summed E-state index contributed by atoms with van der Waals surface area (Å²) in [6.45, 7) is 20.1. The predicted molar refractivity (Wildman–Crippen MR) is 210 cm³/mol. The van der Waals surface area contributed by atoms with Gasteiger partial charge < -0.3 is 9.47 Å². The Morgan fingerprint density at radius 3 is 1.20 bits per heavy atom. The van der Waals surface area contributed by atoms with Crippen molar-refractivity contribution < 1.29 is 9.47 Å². The van der Waals surface area contributed by atoms with Gasteiger partial charge in [-0.1, -0.05) is 155 Å². The summed E-state index contributed by atoms with van der Waals surface area (Å²) >= 11 is 0. The summed E-state index contributed by atoms with van der Waals surface area (Å²) in [5, 5.41) is 0. The van der Waals surface area contributed by atoms with Gasteiger partial charge in [0, 0.05) is 0 Å². The minimum absolute atomic E-state index is 0.0653. The summed E-state index contributed by atoms with van der Waals surface area (Å²) in [5.74, 6) is 1.89. The van der Waals surface area contributed by atoms with Gasteiger partial charge in [0.25, 0.3) is 0 Å². The largest absolute Gasteiger partial charge is 0.494 e. The Labute approximate surface area is 298 Å². The maximum Gasteiger partial charge on any atom is 0.119 e. The van der Waals surface area contributed by atoms with Crippen LogP contribution in [-0.2, 0) is 16.2 Å². The van der Waals surface area contributed by atoms with Gasteiger partial charge in [0.1, 0.15) is 11.5 Å². The third-order valence-electron chi connectivity index (χ3n) is 11.6. The molecule has 0 unspecified atom stereocenters. The van der Waals surface area contributed by atoms with Gasteiger partial charge in [-0.2, -0.15) is 0 Å². The van der Waals surface area contributed by atoms with Gasteiger partial charge >= 0.3 is 0 Å². The van der Waals surface area contributed by atoms with Crippen LogP contribution in [0.3, 0.4) is 0 Å². The van der Waals surface area contributed by atoms with Crippen LogP contribution in [0.4, 0.5) is 0 Å². The zero-order chi connectivity index (χ0) is 35.1. The van der Waals surface area contributed by atoms with Gasteiger partial charge in [0.05, 0.1) is 18.6 Å². The summed E-state index contributed by atoms with van der Waals surface area (Å²) in [4.78, 5) is 0. The maximum atomic E-state index is 6.27. The number of benzene rings is 4. The molecule has 0 amide bonds. The lowest BCUT2D eigenvalue weighted by Gasteiger charge is -2.36. The van der Waals surface area contributed by atoms with Crippen molar-refractivity contribution in [1.82, 2.24) is 0 Å². The molecule has 1 aliphatic rings. The lowest BCUT2D eigenvalue weighted by molar-refractivity contribution is 0.305. The average molecular weight is 659 g/mol. The summed E-state index contributed by atoms with van der Waals surface area (Å²) in [6.07, 6.45) is 11.8. The molecule has 0 saturated carbocycles. The molecule has 262 valence electrons. The Balaban J connectivity index is 1.69. The van der Waals surface area contributed by atoms with Crippen molar-refractivity contribution in [3.8, 4) is 22.6 Å². The van der Waals surface area contributed by atoms with E-state index in [0.717, 1.165) is 50.4 Å². The second kappa shape index (κ2) is 16.0. The molecule has 5 rings (SSSR count). The number of ether oxygens (including phenoxy) is 2. The highest BCUT2D eigenvalue weighted by Gasteiger charge is 2.47. The first kappa shape index (κ1) is 36.8. The second-order valence-electron chi connectivity index (χ2n) is 15.6. The first-order valence-corrected chi connectivity index (χ1v) is 19.4. The second-order valence-corrected chi connectivity index (χ2v) is 15.6. The molecule has 2 heteroatoms. The molecule has 2 nitrogen and oxygen atoms in total. The molecule has 0 atom stereocenters. The van der Waals surface area contributed by atoms with Crippen molar-refractivity contribution in [3.63, 3.8) is 0 Å². The van der Waals surface area contributed by atoms with E-state index in [1.807, 2.05) is 0 Å². The van der Waals surface area contributed by atoms with Crippen LogP contribution < -0.4 is 9.47 Å². The predicted octanol–water partition coefficient (Wildman–Crippen LogP) is 13.3. The molecular formula is C47H62O2. The molecule has 0 bridgehead atoms. The molecule has 4 aromatic rings. The highest BCUT2D eigenvalue weighted by Crippen LogP contribution is 2.57. The quantitative estimate of drug-likeness (QED) is 0.0872. The normalized spacial score (nSPS) is 13.6. The van der Waals surface area contributed by atoms with Crippen LogP contribution in [-0.4, -0.2) is 13.2 Å². The minimum atomic E-state index is -0.482. The molecule has 49 heavy (non-hydrogen) atoms. The van der Waals surface area contributed by atoms with Crippen LogP contribution in [0, 0.1) is 0 Å². The van der Waals surface area contributed by atoms with E-state index in [2.05, 4.69) is 140 Å². The molecule has 4 aromatic carbocycles. The molecule has 1 aliphatic carbocycles. The van der Waals surface area contributed by atoms with E-state index >= 15 is 0 Å². The first-order chi connectivity index (χ1) is 23.6. The van der Waals surface area contributed by atoms with E-state index < -0.39 is 5.41 Å². The standard InChI is InChI=1S/C47H62O2/c1-9-13-15-17-31-48-39-25-19-35(20-26-39)47(36-21-27-40(28-22-36)49-32-18-16-14-10-2)43-33-37(45(5,6)11-3)23-29-41(43)42-30-24-38(34-44(42)47)46(7,8)12-4/h19-30,33-34H,9-18,31-32H2,1-8H3. The Hall–Kier alpha value is -3.52. The highest BCUT2D eigenvalue weighted by molar-refractivity contribution is 5.87. The number of rotatable bonds is 18. The van der Waals surface area contributed by atoms with Crippen molar-refractivity contribution in [2.75, 3.05) is 13.2 Å². The Morgan fingerprint density at radius 1 is 0.469 bits per heavy atom. The zero-order valence-corrected chi connectivity index (χ0v) is 31.9. The van der Waals surface area contributed by atoms with Gasteiger partial charge in [-0.3, -0.25) is 0 Å². The van der Waals surface area contributed by atoms with Crippen molar-refractivity contribution >= 4 is 0 Å². The van der Waals surface area contributed by atoms with Crippen molar-refractivity contribution in [3.05, 3.63) is 118 Å². The molecule has 0 N–H and O–H groups in total. The number of fused-ring (bicyclic) bond motifs is 3. The van der Waals surface area contributed by atoms with Crippen LogP contribution in [0.2, 0.25) is 0 Å². The first-order valence-electron chi connectivity index (χ1n) is 19.4. The number of unbranched alkanes of at least 4 members (excludes halogenated alkanes) is 6. The molecule has 0 heterocycles. The van der Waals surface area contributed by atoms with Gasteiger partial charge in [0.15, 0.2) is 0 Å². The van der Waals surface area contributed by atoms with E-state index in [1.165, 1.54) is 83.0 Å². The lowest BCUT2D eigenvalue weighted by Crippen LogP contribution is -2.30. The molecule has 0 aromatic heterocycles. The van der Waals surface area contributed by atoms with Crippen molar-refractivity contribution in [2.45, 2.75) is 136 Å². The maximum absolute atomic E-state index is 6.27. The van der Waals surface area contributed by atoms with Gasteiger partial charge in [-0.05, 0) is 105 Å². The third kappa shape index (κ3) is 7.64. The molecule has 0 saturated heterocycles. The Morgan fingerprint density at radius 2 is 0.857 bits per heavy atom. The Kier molecular flexibility index (Phi) is 12.0. The SMILES string of the molecule is CCCCCCOc1ccc(C2(c3ccc(OCCCCCC)cc3)c3cc(C(C)(C)CC)ccc3-c3ccc(C(C)(C)CC)cc32)cc1. The number of hydrogen-bond acceptors (Lipinski definition) is 2.